The van der Waals surface area contributed by atoms with Crippen molar-refractivity contribution in [1.82, 2.24) is 14.8 Å². The lowest BCUT2D eigenvalue weighted by Gasteiger charge is -2.19. The molecule has 0 saturated heterocycles. The highest BCUT2D eigenvalue weighted by molar-refractivity contribution is 7.92. The van der Waals surface area contributed by atoms with Gasteiger partial charge in [-0.25, -0.2) is 13.2 Å². The minimum absolute atomic E-state index is 0.290. The fourth-order valence-electron chi connectivity index (χ4n) is 3.31. The van der Waals surface area contributed by atoms with E-state index in [1.165, 1.54) is 30.8 Å². The Bertz CT molecular complexity index is 1560. The number of carboxylic acid groups (broad SMARTS) is 1. The van der Waals surface area contributed by atoms with E-state index in [1.54, 1.807) is 42.7 Å². The Morgan fingerprint density at radius 3 is 2.47 bits per heavy atom. The van der Waals surface area contributed by atoms with Gasteiger partial charge in [0.05, 0.1) is 18.0 Å². The van der Waals surface area contributed by atoms with E-state index in [1.807, 2.05) is 0 Å². The van der Waals surface area contributed by atoms with Crippen LogP contribution in [0.25, 0.3) is 32.8 Å². The van der Waals surface area contributed by atoms with Gasteiger partial charge in [-0.05, 0) is 43.5 Å². The molecule has 164 valence electrons. The topological polar surface area (TPSA) is 131 Å². The van der Waals surface area contributed by atoms with Crippen LogP contribution in [0.3, 0.4) is 0 Å². The number of aromatic nitrogens is 3. The van der Waals surface area contributed by atoms with Crippen molar-refractivity contribution >= 4 is 43.4 Å². The van der Waals surface area contributed by atoms with Crippen molar-refractivity contribution < 1.29 is 18.3 Å². The number of anilines is 1. The lowest BCUT2D eigenvalue weighted by molar-refractivity contribution is -0.146. The van der Waals surface area contributed by atoms with Gasteiger partial charge in [0.15, 0.2) is 11.0 Å². The first kappa shape index (κ1) is 21.4. The Kier molecular flexibility index (Phi) is 4.97. The highest BCUT2D eigenvalue weighted by Crippen LogP contribution is 2.25. The highest BCUT2D eigenvalue weighted by atomic mass is 32.2. The van der Waals surface area contributed by atoms with Crippen molar-refractivity contribution in [3.63, 3.8) is 0 Å². The molecule has 4 rings (SSSR count). The fraction of sp³-hybridized carbons (Fsp3) is 0.182. The normalized spacial score (nSPS) is 12.2. The molecular weight excluding hydrogens is 432 g/mol. The molecule has 0 amide bonds. The first-order valence-corrected chi connectivity index (χ1v) is 11.5. The number of sulfonamides is 1. The van der Waals surface area contributed by atoms with E-state index < -0.39 is 21.5 Å². The molecule has 0 radical (unpaired) electrons. The van der Waals surface area contributed by atoms with Crippen molar-refractivity contribution in [1.29, 1.82) is 0 Å². The number of carbonyl (C=O) groups is 1. The molecule has 9 nitrogen and oxygen atoms in total. The molecule has 0 aliphatic rings. The molecular formula is C22H20N4O5S. The molecule has 0 spiro atoms. The second kappa shape index (κ2) is 7.41. The zero-order valence-electron chi connectivity index (χ0n) is 17.5. The number of benzene rings is 1. The third-order valence-electron chi connectivity index (χ3n) is 5.20. The van der Waals surface area contributed by atoms with Crippen molar-refractivity contribution in [2.24, 2.45) is 0 Å². The Labute approximate surface area is 183 Å². The molecule has 0 atom stereocenters. The van der Waals surface area contributed by atoms with Crippen LogP contribution in [0.15, 0.2) is 59.8 Å². The summed E-state index contributed by atoms with van der Waals surface area (Å²) in [6.07, 6.45) is 5.75. The Morgan fingerprint density at radius 1 is 1.06 bits per heavy atom. The summed E-state index contributed by atoms with van der Waals surface area (Å²) < 4.78 is 26.9. The van der Waals surface area contributed by atoms with E-state index in [2.05, 4.69) is 14.8 Å². The van der Waals surface area contributed by atoms with Crippen molar-refractivity contribution in [2.75, 3.05) is 11.0 Å². The van der Waals surface area contributed by atoms with Crippen LogP contribution in [0.1, 0.15) is 13.8 Å². The summed E-state index contributed by atoms with van der Waals surface area (Å²) in [7, 11) is -3.49. The molecule has 0 aliphatic heterocycles. The van der Waals surface area contributed by atoms with Crippen molar-refractivity contribution in [3.05, 3.63) is 65.2 Å². The lowest BCUT2D eigenvalue weighted by Crippen LogP contribution is -2.35. The molecule has 0 fully saturated rings. The second-order valence-corrected chi connectivity index (χ2v) is 9.78. The minimum Gasteiger partial charge on any atom is -0.479 e. The van der Waals surface area contributed by atoms with Crippen LogP contribution in [-0.4, -0.2) is 40.5 Å². The number of rotatable bonds is 5. The van der Waals surface area contributed by atoms with Crippen LogP contribution >= 0.6 is 0 Å². The van der Waals surface area contributed by atoms with Crippen LogP contribution in [0.5, 0.6) is 0 Å². The summed E-state index contributed by atoms with van der Waals surface area (Å²) in [5.41, 5.74) is 0.446. The molecule has 2 heterocycles. The van der Waals surface area contributed by atoms with E-state index in [-0.39, 0.29) is 11.1 Å². The predicted molar refractivity (Wildman–Crippen MR) is 122 cm³/mol. The Morgan fingerprint density at radius 2 is 1.78 bits per heavy atom. The quantitative estimate of drug-likeness (QED) is 0.476. The zero-order valence-corrected chi connectivity index (χ0v) is 18.3. The van der Waals surface area contributed by atoms with Gasteiger partial charge in [0.25, 0.3) is 0 Å². The molecule has 0 aliphatic carbocycles. The largest absolute Gasteiger partial charge is 0.479 e. The van der Waals surface area contributed by atoms with E-state index in [0.717, 1.165) is 6.26 Å². The van der Waals surface area contributed by atoms with E-state index in [0.29, 0.717) is 32.8 Å². The van der Waals surface area contributed by atoms with Crippen molar-refractivity contribution in [2.45, 2.75) is 19.4 Å². The summed E-state index contributed by atoms with van der Waals surface area (Å²) in [5, 5.41) is 14.9. The number of hydrogen-bond donors (Lipinski definition) is 2. The summed E-state index contributed by atoms with van der Waals surface area (Å²) in [6.45, 7) is 3.07. The molecule has 2 aromatic carbocycles. The number of hydrogen-bond acceptors (Lipinski definition) is 6. The summed E-state index contributed by atoms with van der Waals surface area (Å²) in [5.74, 6) is -1.03. The highest BCUT2D eigenvalue weighted by Gasteiger charge is 2.30. The number of fused-ring (bicyclic) bond motifs is 2. The van der Waals surface area contributed by atoms with Crippen molar-refractivity contribution in [3.8, 4) is 11.1 Å². The van der Waals surface area contributed by atoms with Crippen LogP contribution in [-0.2, 0) is 20.4 Å². The average molecular weight is 452 g/mol. The average Bonchev–Trinajstić information content (AvgIpc) is 3.17. The third kappa shape index (κ3) is 3.92. The van der Waals surface area contributed by atoms with Gasteiger partial charge in [-0.15, -0.1) is 0 Å². The van der Waals surface area contributed by atoms with Crippen LogP contribution < -0.4 is 10.2 Å². The lowest BCUT2D eigenvalue weighted by atomic mass is 10.1. The van der Waals surface area contributed by atoms with Crippen LogP contribution in [0.2, 0.25) is 0 Å². The maximum atomic E-state index is 13.3. The molecule has 0 saturated carbocycles. The molecule has 0 unspecified atom stereocenters. The molecule has 32 heavy (non-hydrogen) atoms. The van der Waals surface area contributed by atoms with Gasteiger partial charge < -0.3 is 5.11 Å². The van der Waals surface area contributed by atoms with Gasteiger partial charge in [-0.1, -0.05) is 12.1 Å². The smallest absolute Gasteiger partial charge is 0.331 e. The van der Waals surface area contributed by atoms with Crippen LogP contribution in [0, 0.1) is 0 Å². The van der Waals surface area contributed by atoms with Gasteiger partial charge in [0, 0.05) is 40.0 Å². The molecule has 10 heteroatoms. The van der Waals surface area contributed by atoms with E-state index >= 15 is 0 Å². The van der Waals surface area contributed by atoms with Crippen LogP contribution in [0.4, 0.5) is 5.69 Å². The summed E-state index contributed by atoms with van der Waals surface area (Å²) in [6, 6.07) is 9.91. The summed E-state index contributed by atoms with van der Waals surface area (Å²) in [4.78, 5) is 29.2. The first-order valence-electron chi connectivity index (χ1n) is 9.59. The maximum absolute atomic E-state index is 13.3. The second-order valence-electron chi connectivity index (χ2n) is 8.03. The molecule has 2 N–H and O–H groups in total. The Hall–Kier alpha value is -3.79. The number of aliphatic carboxylic acids is 1. The van der Waals surface area contributed by atoms with E-state index in [9.17, 15) is 23.1 Å². The van der Waals surface area contributed by atoms with Gasteiger partial charge >= 0.3 is 5.97 Å². The zero-order chi connectivity index (χ0) is 23.3. The monoisotopic (exact) mass is 452 g/mol. The molecule has 2 aromatic heterocycles. The first-order chi connectivity index (χ1) is 15.0. The molecule has 0 bridgehead atoms. The standard InChI is InChI=1S/C22H20N4O5S/c1-22(2,21(28)29)26-12-15(11-24-26)14-8-18-19(23-10-14)7-5-13-4-6-16(25-32(3,30)31)9-17(13)20(18)27/h4-12,25H,1-3H3,(H,28,29). The summed E-state index contributed by atoms with van der Waals surface area (Å²) >= 11 is 0. The number of nitrogens with one attached hydrogen (secondary N) is 1. The number of carboxylic acids is 1. The number of pyridine rings is 1. The predicted octanol–water partition coefficient (Wildman–Crippen LogP) is 2.80. The Balaban J connectivity index is 1.89. The maximum Gasteiger partial charge on any atom is 0.331 e. The molecule has 4 aromatic rings. The van der Waals surface area contributed by atoms with Gasteiger partial charge in [-0.3, -0.25) is 19.2 Å². The van der Waals surface area contributed by atoms with Gasteiger partial charge in [0.2, 0.25) is 10.0 Å². The number of nitrogens with zero attached hydrogens (tertiary/aromatic N) is 3. The minimum atomic E-state index is -3.49. The van der Waals surface area contributed by atoms with Gasteiger partial charge in [0.1, 0.15) is 0 Å². The van der Waals surface area contributed by atoms with E-state index in [4.69, 9.17) is 0 Å². The third-order valence-corrected chi connectivity index (χ3v) is 5.80. The fourth-order valence-corrected chi connectivity index (χ4v) is 3.87. The van der Waals surface area contributed by atoms with Gasteiger partial charge in [-0.2, -0.15) is 5.10 Å². The SMILES string of the molecule is CC(C)(C(=O)O)n1cc(-c2cnc3ccc4ccc(NS(C)(=O)=O)cc4c(=O)c3c2)cn1.